The van der Waals surface area contributed by atoms with Crippen molar-refractivity contribution in [3.05, 3.63) is 80.1 Å². The minimum atomic E-state index is -1.15. The predicted octanol–water partition coefficient (Wildman–Crippen LogP) is 4.04. The van der Waals surface area contributed by atoms with Crippen LogP contribution in [0.2, 0.25) is 10.0 Å². The molecule has 0 aliphatic carbocycles. The zero-order chi connectivity index (χ0) is 27.0. The Bertz CT molecular complexity index is 1080. The van der Waals surface area contributed by atoms with E-state index in [2.05, 4.69) is 20.7 Å². The maximum absolute atomic E-state index is 13.2. The number of azide groups is 1. The van der Waals surface area contributed by atoms with Gasteiger partial charge in [-0.25, -0.2) is 0 Å². The summed E-state index contributed by atoms with van der Waals surface area (Å²) >= 11 is 12.1. The topological polar surface area (TPSA) is 163 Å². The van der Waals surface area contributed by atoms with E-state index in [1.807, 2.05) is 30.3 Å². The molecule has 0 aliphatic heterocycles. The number of carboxylic acid groups (broad SMARTS) is 1. The molecule has 0 radical (unpaired) electrons. The van der Waals surface area contributed by atoms with Crippen molar-refractivity contribution in [1.82, 2.24) is 10.6 Å². The Balaban J connectivity index is 2.08. The summed E-state index contributed by atoms with van der Waals surface area (Å²) < 4.78 is 10.9. The van der Waals surface area contributed by atoms with E-state index in [1.165, 1.54) is 18.2 Å². The van der Waals surface area contributed by atoms with Crippen molar-refractivity contribution in [2.75, 3.05) is 26.4 Å². The number of benzene rings is 2. The van der Waals surface area contributed by atoms with Gasteiger partial charge in [-0.1, -0.05) is 58.6 Å². The van der Waals surface area contributed by atoms with Crippen LogP contribution in [0.4, 0.5) is 0 Å². The second kappa shape index (κ2) is 16.4. The largest absolute Gasteiger partial charge is 0.481 e. The van der Waals surface area contributed by atoms with E-state index in [-0.39, 0.29) is 49.4 Å². The van der Waals surface area contributed by atoms with E-state index in [9.17, 15) is 19.5 Å². The molecular formula is C24H27Cl2N5O6. The smallest absolute Gasteiger partial charge is 0.305 e. The molecule has 0 unspecified atom stereocenters. The highest BCUT2D eigenvalue weighted by Crippen LogP contribution is 2.25. The molecule has 2 amide bonds. The predicted molar refractivity (Wildman–Crippen MR) is 137 cm³/mol. The second-order valence-electron chi connectivity index (χ2n) is 7.80. The molecule has 2 rings (SSSR count). The maximum atomic E-state index is 13.2. The van der Waals surface area contributed by atoms with Gasteiger partial charge in [0.05, 0.1) is 38.9 Å². The summed E-state index contributed by atoms with van der Waals surface area (Å²) in [6.45, 7) is 0.371. The molecule has 0 heterocycles. The summed E-state index contributed by atoms with van der Waals surface area (Å²) in [6.07, 6.45) is -0.492. The number of ether oxygens (including phenoxy) is 2. The molecule has 0 saturated carbocycles. The van der Waals surface area contributed by atoms with Gasteiger partial charge in [0.2, 0.25) is 11.8 Å². The molecule has 0 aliphatic rings. The Morgan fingerprint density at radius 2 is 1.73 bits per heavy atom. The SMILES string of the molecule is [N-]=[N+]=NCCOCCC(=O)N[C@@H](COCc1ccccc1)C(=O)N[C@@H](CC(=O)O)c1cc(Cl)cc(Cl)c1. The molecule has 0 aromatic heterocycles. The van der Waals surface area contributed by atoms with Crippen LogP contribution in [0.25, 0.3) is 10.4 Å². The van der Waals surface area contributed by atoms with Gasteiger partial charge in [0.1, 0.15) is 6.04 Å². The van der Waals surface area contributed by atoms with E-state index >= 15 is 0 Å². The van der Waals surface area contributed by atoms with Crippen LogP contribution >= 0.6 is 23.2 Å². The third-order valence-corrected chi connectivity index (χ3v) is 5.34. The third-order valence-electron chi connectivity index (χ3n) is 4.90. The fraction of sp³-hybridized carbons (Fsp3) is 0.375. The molecule has 2 atom stereocenters. The third kappa shape index (κ3) is 12.0. The van der Waals surface area contributed by atoms with Gasteiger partial charge in [-0.05, 0) is 34.9 Å². The number of nitrogens with zero attached hydrogens (tertiary/aromatic N) is 3. The number of aliphatic carboxylic acids is 1. The molecule has 11 nitrogen and oxygen atoms in total. The first-order valence-corrected chi connectivity index (χ1v) is 12.0. The lowest BCUT2D eigenvalue weighted by molar-refractivity contribution is -0.138. The van der Waals surface area contributed by atoms with Crippen LogP contribution in [-0.4, -0.2) is 55.3 Å². The van der Waals surface area contributed by atoms with Crippen molar-refractivity contribution in [1.29, 1.82) is 0 Å². The minimum absolute atomic E-state index is 0.0502. The van der Waals surface area contributed by atoms with Crippen LogP contribution in [0.5, 0.6) is 0 Å². The average molecular weight is 552 g/mol. The van der Waals surface area contributed by atoms with Crippen LogP contribution in [0.1, 0.15) is 30.0 Å². The van der Waals surface area contributed by atoms with Gasteiger partial charge in [0.15, 0.2) is 0 Å². The number of halogens is 2. The number of carbonyl (C=O) groups excluding carboxylic acids is 2. The zero-order valence-corrected chi connectivity index (χ0v) is 21.3. The number of rotatable bonds is 16. The highest BCUT2D eigenvalue weighted by molar-refractivity contribution is 6.34. The van der Waals surface area contributed by atoms with E-state index < -0.39 is 36.3 Å². The molecule has 2 aromatic carbocycles. The van der Waals surface area contributed by atoms with Gasteiger partial charge >= 0.3 is 5.97 Å². The van der Waals surface area contributed by atoms with Crippen molar-refractivity contribution in [3.8, 4) is 0 Å². The summed E-state index contributed by atoms with van der Waals surface area (Å²) in [5, 5.41) is 18.5. The van der Waals surface area contributed by atoms with Crippen LogP contribution < -0.4 is 10.6 Å². The summed E-state index contributed by atoms with van der Waals surface area (Å²) in [6, 6.07) is 11.7. The van der Waals surface area contributed by atoms with Crippen molar-refractivity contribution in [3.63, 3.8) is 0 Å². The summed E-state index contributed by atoms with van der Waals surface area (Å²) in [5.74, 6) is -2.28. The molecule has 0 bridgehead atoms. The maximum Gasteiger partial charge on any atom is 0.305 e. The van der Waals surface area contributed by atoms with Gasteiger partial charge in [0, 0.05) is 27.9 Å². The minimum Gasteiger partial charge on any atom is -0.481 e. The molecule has 3 N–H and O–H groups in total. The van der Waals surface area contributed by atoms with Crippen molar-refractivity contribution in [2.45, 2.75) is 31.5 Å². The molecule has 13 heteroatoms. The van der Waals surface area contributed by atoms with Crippen LogP contribution in [0.15, 0.2) is 53.6 Å². The molecule has 198 valence electrons. The molecule has 0 spiro atoms. The molecule has 37 heavy (non-hydrogen) atoms. The van der Waals surface area contributed by atoms with Crippen molar-refractivity contribution >= 4 is 41.0 Å². The first-order chi connectivity index (χ1) is 17.8. The Morgan fingerprint density at radius 3 is 2.38 bits per heavy atom. The highest BCUT2D eigenvalue weighted by Gasteiger charge is 2.26. The van der Waals surface area contributed by atoms with Crippen LogP contribution in [0.3, 0.4) is 0 Å². The zero-order valence-electron chi connectivity index (χ0n) is 19.8. The summed E-state index contributed by atoms with van der Waals surface area (Å²) in [5.41, 5.74) is 9.53. The monoisotopic (exact) mass is 551 g/mol. The lowest BCUT2D eigenvalue weighted by atomic mass is 10.0. The molecular weight excluding hydrogens is 525 g/mol. The van der Waals surface area contributed by atoms with Crippen molar-refractivity contribution in [2.24, 2.45) is 5.11 Å². The first-order valence-electron chi connectivity index (χ1n) is 11.3. The number of amides is 2. The Kier molecular flexibility index (Phi) is 13.3. The summed E-state index contributed by atoms with van der Waals surface area (Å²) in [7, 11) is 0. The molecule has 0 saturated heterocycles. The number of carboxylic acids is 1. The lowest BCUT2D eigenvalue weighted by Gasteiger charge is -2.23. The molecule has 0 fully saturated rings. The Labute approximate surface area is 223 Å². The number of hydrogen-bond acceptors (Lipinski definition) is 6. The normalized spacial score (nSPS) is 12.2. The van der Waals surface area contributed by atoms with E-state index in [1.54, 1.807) is 0 Å². The van der Waals surface area contributed by atoms with Crippen molar-refractivity contribution < 1.29 is 29.0 Å². The fourth-order valence-electron chi connectivity index (χ4n) is 3.21. The van der Waals surface area contributed by atoms with Gasteiger partial charge in [0.25, 0.3) is 0 Å². The van der Waals surface area contributed by atoms with Gasteiger partial charge in [-0.3, -0.25) is 14.4 Å². The lowest BCUT2D eigenvalue weighted by Crippen LogP contribution is -2.50. The van der Waals surface area contributed by atoms with Gasteiger partial charge in [-0.2, -0.15) is 0 Å². The Hall–Kier alpha value is -3.34. The van der Waals surface area contributed by atoms with Gasteiger partial charge in [-0.15, -0.1) is 0 Å². The van der Waals surface area contributed by atoms with E-state index in [4.69, 9.17) is 38.2 Å². The standard InChI is InChI=1S/C24H27Cl2N5O6/c25-18-10-17(11-19(26)12-18)20(13-23(33)34)30-24(35)21(15-37-14-16-4-2-1-3-5-16)29-22(32)6-8-36-9-7-28-31-27/h1-5,10-12,20-21H,6-9,13-15H2,(H,29,32)(H,30,35)(H,33,34)/t20-,21-/m0/s1. The Morgan fingerprint density at radius 1 is 1.03 bits per heavy atom. The summed E-state index contributed by atoms with van der Waals surface area (Å²) in [4.78, 5) is 39.7. The average Bonchev–Trinajstić information content (AvgIpc) is 2.85. The fourth-order valence-corrected chi connectivity index (χ4v) is 3.75. The molecule has 2 aromatic rings. The second-order valence-corrected chi connectivity index (χ2v) is 8.67. The van der Waals surface area contributed by atoms with E-state index in [0.717, 1.165) is 5.56 Å². The number of hydrogen-bond donors (Lipinski definition) is 3. The number of nitrogens with one attached hydrogen (secondary N) is 2. The first kappa shape index (κ1) is 29.9. The number of carbonyl (C=O) groups is 3. The van der Waals surface area contributed by atoms with Crippen LogP contribution in [-0.2, 0) is 30.5 Å². The quantitative estimate of drug-likeness (QED) is 0.123. The van der Waals surface area contributed by atoms with Crippen LogP contribution in [0, 0.1) is 0 Å². The van der Waals surface area contributed by atoms with E-state index in [0.29, 0.717) is 5.56 Å². The highest BCUT2D eigenvalue weighted by atomic mass is 35.5. The van der Waals surface area contributed by atoms with Gasteiger partial charge < -0.3 is 25.2 Å².